The highest BCUT2D eigenvalue weighted by molar-refractivity contribution is 7.17. The first kappa shape index (κ1) is 18.4. The predicted molar refractivity (Wildman–Crippen MR) is 107 cm³/mol. The molecule has 1 aliphatic rings. The van der Waals surface area contributed by atoms with E-state index in [9.17, 15) is 5.11 Å². The number of benzene rings is 1. The Kier molecular flexibility index (Phi) is 5.16. The maximum atomic E-state index is 11.0. The third kappa shape index (κ3) is 3.47. The van der Waals surface area contributed by atoms with Crippen LogP contribution in [-0.4, -0.2) is 52.9 Å². The molecule has 4 rings (SSSR count). The zero-order chi connectivity index (χ0) is 19.0. The van der Waals surface area contributed by atoms with E-state index < -0.39 is 0 Å². The Bertz CT molecular complexity index is 908. The van der Waals surface area contributed by atoms with Gasteiger partial charge < -0.3 is 14.9 Å². The molecule has 27 heavy (non-hydrogen) atoms. The molecule has 7 heteroatoms. The summed E-state index contributed by atoms with van der Waals surface area (Å²) in [6.07, 6.45) is 1.81. The summed E-state index contributed by atoms with van der Waals surface area (Å²) in [6.45, 7) is 8.71. The maximum Gasteiger partial charge on any atom is 0.235 e. The number of likely N-dealkylation sites (N-methyl/N-ethyl adjacent to an activating group) is 1. The number of aromatic hydroxyl groups is 1. The summed E-state index contributed by atoms with van der Waals surface area (Å²) in [5.74, 6) is 1.04. The molecule has 1 aliphatic heterocycles. The number of aromatic nitrogens is 3. The lowest BCUT2D eigenvalue weighted by atomic mass is 10.0. The SMILES string of the molecule is CCc1ccc([C@@H](c2sc3nc(CC)nn3c2O)[NH+]2CC[NH+](C)CC2)cc1. The first-order valence-corrected chi connectivity index (χ1v) is 10.7. The Morgan fingerprint density at radius 2 is 1.81 bits per heavy atom. The van der Waals surface area contributed by atoms with Crippen molar-refractivity contribution in [3.8, 4) is 5.88 Å². The van der Waals surface area contributed by atoms with Gasteiger partial charge in [0, 0.05) is 12.0 Å². The molecule has 1 aromatic carbocycles. The molecule has 3 aromatic rings. The smallest absolute Gasteiger partial charge is 0.235 e. The quantitative estimate of drug-likeness (QED) is 0.583. The number of fused-ring (bicyclic) bond motifs is 1. The van der Waals surface area contributed by atoms with Gasteiger partial charge in [0.05, 0.1) is 7.05 Å². The molecular weight excluding hydrogens is 358 g/mol. The van der Waals surface area contributed by atoms with Gasteiger partial charge in [0.15, 0.2) is 11.9 Å². The van der Waals surface area contributed by atoms with Gasteiger partial charge in [-0.2, -0.15) is 4.52 Å². The highest BCUT2D eigenvalue weighted by Crippen LogP contribution is 2.35. The number of hydrogen-bond donors (Lipinski definition) is 3. The highest BCUT2D eigenvalue weighted by Gasteiger charge is 2.35. The molecule has 0 spiro atoms. The van der Waals surface area contributed by atoms with Gasteiger partial charge in [0.25, 0.3) is 0 Å². The Labute approximate surface area is 164 Å². The molecule has 1 fully saturated rings. The average Bonchev–Trinajstić information content (AvgIpc) is 3.23. The molecule has 144 valence electrons. The second-order valence-electron chi connectivity index (χ2n) is 7.51. The summed E-state index contributed by atoms with van der Waals surface area (Å²) >= 11 is 1.58. The monoisotopic (exact) mass is 387 g/mol. The molecular formula is C20H29N5OS+2. The number of quaternary nitrogens is 2. The van der Waals surface area contributed by atoms with E-state index in [0.717, 1.165) is 54.7 Å². The third-order valence-electron chi connectivity index (χ3n) is 5.70. The maximum absolute atomic E-state index is 11.0. The second kappa shape index (κ2) is 7.58. The molecule has 0 bridgehead atoms. The number of rotatable bonds is 5. The van der Waals surface area contributed by atoms with Crippen molar-refractivity contribution in [1.82, 2.24) is 14.6 Å². The summed E-state index contributed by atoms with van der Waals surface area (Å²) < 4.78 is 1.62. The standard InChI is InChI=1S/C20H27N5OS/c1-4-14-6-8-15(9-7-14)17(24-12-10-23(3)11-13-24)18-19(26)25-20(27-18)21-16(5-2)22-25/h6-9,17,26H,4-5,10-13H2,1-3H3/p+2/t17-/m0/s1. The Hall–Kier alpha value is -1.96. The van der Waals surface area contributed by atoms with E-state index in [4.69, 9.17) is 0 Å². The molecule has 0 aliphatic carbocycles. The minimum atomic E-state index is 0.127. The van der Waals surface area contributed by atoms with E-state index in [0.29, 0.717) is 0 Å². The molecule has 0 radical (unpaired) electrons. The van der Waals surface area contributed by atoms with Crippen LogP contribution >= 0.6 is 11.3 Å². The molecule has 3 heterocycles. The number of aryl methyl sites for hydroxylation is 2. The molecule has 2 aromatic heterocycles. The van der Waals surface area contributed by atoms with Crippen molar-refractivity contribution in [2.24, 2.45) is 0 Å². The number of nitrogens with one attached hydrogen (secondary N) is 2. The van der Waals surface area contributed by atoms with Crippen molar-refractivity contribution in [3.05, 3.63) is 46.1 Å². The zero-order valence-electron chi connectivity index (χ0n) is 16.3. The Morgan fingerprint density at radius 3 is 2.41 bits per heavy atom. The van der Waals surface area contributed by atoms with E-state index >= 15 is 0 Å². The molecule has 1 atom stereocenters. The van der Waals surface area contributed by atoms with Crippen molar-refractivity contribution < 1.29 is 14.9 Å². The third-order valence-corrected chi connectivity index (χ3v) is 6.78. The van der Waals surface area contributed by atoms with Crippen LogP contribution in [0.3, 0.4) is 0 Å². The summed E-state index contributed by atoms with van der Waals surface area (Å²) in [6, 6.07) is 9.02. The number of thiazole rings is 1. The lowest BCUT2D eigenvalue weighted by molar-refractivity contribution is -1.02. The number of hydrogen-bond acceptors (Lipinski definition) is 4. The first-order valence-electron chi connectivity index (χ1n) is 9.92. The lowest BCUT2D eigenvalue weighted by Crippen LogP contribution is -3.27. The fourth-order valence-corrected chi connectivity index (χ4v) is 5.09. The fourth-order valence-electron chi connectivity index (χ4n) is 3.93. The van der Waals surface area contributed by atoms with E-state index in [1.165, 1.54) is 16.0 Å². The van der Waals surface area contributed by atoms with Crippen LogP contribution in [0.2, 0.25) is 0 Å². The van der Waals surface area contributed by atoms with Crippen LogP contribution in [0.5, 0.6) is 5.88 Å². The normalized spacial score (nSPS) is 21.6. The van der Waals surface area contributed by atoms with Crippen LogP contribution in [0.1, 0.15) is 41.7 Å². The van der Waals surface area contributed by atoms with Gasteiger partial charge in [-0.15, -0.1) is 5.10 Å². The molecule has 0 amide bonds. The molecule has 1 saturated heterocycles. The lowest BCUT2D eigenvalue weighted by Gasteiger charge is -2.33. The van der Waals surface area contributed by atoms with Crippen molar-refractivity contribution in [3.63, 3.8) is 0 Å². The Morgan fingerprint density at radius 1 is 1.11 bits per heavy atom. The van der Waals surface area contributed by atoms with Crippen LogP contribution in [-0.2, 0) is 12.8 Å². The Balaban J connectivity index is 1.77. The molecule has 0 saturated carbocycles. The van der Waals surface area contributed by atoms with Crippen molar-refractivity contribution in [2.45, 2.75) is 32.7 Å². The molecule has 6 nitrogen and oxygen atoms in total. The van der Waals surface area contributed by atoms with Gasteiger partial charge in [-0.1, -0.05) is 49.4 Å². The van der Waals surface area contributed by atoms with Crippen molar-refractivity contribution in [1.29, 1.82) is 0 Å². The van der Waals surface area contributed by atoms with Crippen LogP contribution in [0.4, 0.5) is 0 Å². The van der Waals surface area contributed by atoms with Gasteiger partial charge in [-0.3, -0.25) is 0 Å². The minimum Gasteiger partial charge on any atom is -0.492 e. The van der Waals surface area contributed by atoms with Crippen LogP contribution in [0.25, 0.3) is 4.96 Å². The average molecular weight is 388 g/mol. The van der Waals surface area contributed by atoms with Gasteiger partial charge in [-0.25, -0.2) is 4.98 Å². The van der Waals surface area contributed by atoms with Gasteiger partial charge in [0.1, 0.15) is 31.1 Å². The van der Waals surface area contributed by atoms with Crippen LogP contribution < -0.4 is 9.80 Å². The number of nitrogens with zero attached hydrogens (tertiary/aromatic N) is 3. The van der Waals surface area contributed by atoms with Crippen molar-refractivity contribution in [2.75, 3.05) is 33.2 Å². The van der Waals surface area contributed by atoms with Gasteiger partial charge in [0.2, 0.25) is 10.8 Å². The summed E-state index contributed by atoms with van der Waals surface area (Å²) in [5.41, 5.74) is 2.60. The van der Waals surface area contributed by atoms with E-state index in [-0.39, 0.29) is 11.9 Å². The van der Waals surface area contributed by atoms with Crippen molar-refractivity contribution >= 4 is 16.3 Å². The summed E-state index contributed by atoms with van der Waals surface area (Å²) in [7, 11) is 2.26. The summed E-state index contributed by atoms with van der Waals surface area (Å²) in [5, 5.41) is 15.4. The summed E-state index contributed by atoms with van der Waals surface area (Å²) in [4.78, 5) is 9.43. The van der Waals surface area contributed by atoms with E-state index in [2.05, 4.69) is 48.3 Å². The topological polar surface area (TPSA) is 59.3 Å². The van der Waals surface area contributed by atoms with Crippen LogP contribution in [0, 0.1) is 0 Å². The predicted octanol–water partition coefficient (Wildman–Crippen LogP) is 0.124. The van der Waals surface area contributed by atoms with E-state index in [1.807, 2.05) is 6.92 Å². The van der Waals surface area contributed by atoms with Gasteiger partial charge in [-0.05, 0) is 12.0 Å². The van der Waals surface area contributed by atoms with E-state index in [1.54, 1.807) is 20.8 Å². The zero-order valence-corrected chi connectivity index (χ0v) is 17.1. The van der Waals surface area contributed by atoms with Crippen LogP contribution in [0.15, 0.2) is 24.3 Å². The largest absolute Gasteiger partial charge is 0.492 e. The highest BCUT2D eigenvalue weighted by atomic mass is 32.1. The number of piperazine rings is 1. The second-order valence-corrected chi connectivity index (χ2v) is 8.52. The minimum absolute atomic E-state index is 0.127. The molecule has 0 unspecified atom stereocenters. The fraction of sp³-hybridized carbons (Fsp3) is 0.500. The first-order chi connectivity index (χ1) is 13.1. The molecule has 3 N–H and O–H groups in total. The van der Waals surface area contributed by atoms with Gasteiger partial charge >= 0.3 is 0 Å².